The van der Waals surface area contributed by atoms with Gasteiger partial charge in [0.05, 0.1) is 0 Å². The number of alkyl carbamates (subject to hydrolysis) is 1. The summed E-state index contributed by atoms with van der Waals surface area (Å²) in [6.45, 7) is 11.0. The Morgan fingerprint density at radius 3 is 1.92 bits per heavy atom. The average molecular weight is 353 g/mol. The second kappa shape index (κ2) is 8.74. The van der Waals surface area contributed by atoms with Gasteiger partial charge in [-0.2, -0.15) is 0 Å². The van der Waals surface area contributed by atoms with Crippen LogP contribution in [0.5, 0.6) is 5.75 Å². The molecule has 0 spiro atoms. The first-order chi connectivity index (χ1) is 11.4. The van der Waals surface area contributed by atoms with E-state index in [9.17, 15) is 9.59 Å². The molecule has 1 aliphatic rings. The molecule has 25 heavy (non-hydrogen) atoms. The van der Waals surface area contributed by atoms with E-state index in [1.807, 2.05) is 26.8 Å². The Morgan fingerprint density at radius 1 is 0.960 bits per heavy atom. The SMILES string of the molecule is CC(C)(C)OC(=O)NC1CC1.CC(C)(C)OC(=O)Oc1ccccc1.[HH]. The quantitative estimate of drug-likeness (QED) is 0.603. The lowest BCUT2D eigenvalue weighted by Crippen LogP contribution is -2.33. The maximum Gasteiger partial charge on any atom is 0.514 e. The van der Waals surface area contributed by atoms with Gasteiger partial charge in [0, 0.05) is 7.47 Å². The molecule has 0 aliphatic heterocycles. The van der Waals surface area contributed by atoms with E-state index in [0.29, 0.717) is 11.8 Å². The summed E-state index contributed by atoms with van der Waals surface area (Å²) in [5, 5.41) is 2.75. The topological polar surface area (TPSA) is 73.9 Å². The van der Waals surface area contributed by atoms with Crippen LogP contribution < -0.4 is 10.1 Å². The molecule has 0 saturated heterocycles. The lowest BCUT2D eigenvalue weighted by molar-refractivity contribution is 0.0206. The number of benzene rings is 1. The van der Waals surface area contributed by atoms with Crippen molar-refractivity contribution in [2.45, 2.75) is 71.6 Å². The molecule has 6 heteroatoms. The van der Waals surface area contributed by atoms with Gasteiger partial charge in [-0.1, -0.05) is 18.2 Å². The van der Waals surface area contributed by atoms with E-state index in [4.69, 9.17) is 14.2 Å². The zero-order valence-electron chi connectivity index (χ0n) is 15.9. The minimum absolute atomic E-state index is 0. The van der Waals surface area contributed by atoms with Gasteiger partial charge >= 0.3 is 12.2 Å². The van der Waals surface area contributed by atoms with Crippen molar-refractivity contribution in [1.82, 2.24) is 5.32 Å². The summed E-state index contributed by atoms with van der Waals surface area (Å²) in [6.07, 6.45) is 1.22. The van der Waals surface area contributed by atoms with E-state index in [1.54, 1.807) is 45.0 Å². The van der Waals surface area contributed by atoms with Crippen molar-refractivity contribution in [3.63, 3.8) is 0 Å². The number of hydrogen-bond donors (Lipinski definition) is 1. The van der Waals surface area contributed by atoms with E-state index >= 15 is 0 Å². The molecule has 0 radical (unpaired) electrons. The minimum atomic E-state index is -0.677. The van der Waals surface area contributed by atoms with Crippen molar-refractivity contribution in [2.75, 3.05) is 0 Å². The molecule has 0 aromatic heterocycles. The Morgan fingerprint density at radius 2 is 1.48 bits per heavy atom. The number of carbonyl (C=O) groups is 2. The Kier molecular flexibility index (Phi) is 7.27. The Bertz CT molecular complexity index is 560. The van der Waals surface area contributed by atoms with E-state index < -0.39 is 11.8 Å². The maximum absolute atomic E-state index is 11.2. The number of carbonyl (C=O) groups excluding carboxylic acids is 2. The molecular weight excluding hydrogens is 322 g/mol. The highest BCUT2D eigenvalue weighted by atomic mass is 16.7. The van der Waals surface area contributed by atoms with Gasteiger partial charge < -0.3 is 19.5 Å². The van der Waals surface area contributed by atoms with Crippen molar-refractivity contribution in [1.29, 1.82) is 0 Å². The van der Waals surface area contributed by atoms with Crippen LogP contribution in [0.2, 0.25) is 0 Å². The molecule has 1 aromatic rings. The normalized spacial score (nSPS) is 13.8. The van der Waals surface area contributed by atoms with Gasteiger partial charge in [-0.25, -0.2) is 9.59 Å². The molecule has 0 bridgehead atoms. The van der Waals surface area contributed by atoms with Crippen LogP contribution >= 0.6 is 0 Å². The predicted molar refractivity (Wildman–Crippen MR) is 97.8 cm³/mol. The van der Waals surface area contributed by atoms with Crippen molar-refractivity contribution in [2.24, 2.45) is 0 Å². The molecule has 1 aromatic carbocycles. The van der Waals surface area contributed by atoms with Crippen LogP contribution in [-0.2, 0) is 9.47 Å². The number of rotatable bonds is 2. The molecule has 6 nitrogen and oxygen atoms in total. The van der Waals surface area contributed by atoms with Crippen LogP contribution in [0.15, 0.2) is 30.3 Å². The van der Waals surface area contributed by atoms with E-state index in [0.717, 1.165) is 12.8 Å². The minimum Gasteiger partial charge on any atom is -0.444 e. The predicted octanol–water partition coefficient (Wildman–Crippen LogP) is 4.92. The number of ether oxygens (including phenoxy) is 3. The summed E-state index contributed by atoms with van der Waals surface area (Å²) in [5.74, 6) is 0.488. The van der Waals surface area contributed by atoms with E-state index in [2.05, 4.69) is 5.32 Å². The Balaban J connectivity index is 0.000000475. The second-order valence-electron chi connectivity index (χ2n) is 7.80. The van der Waals surface area contributed by atoms with Crippen molar-refractivity contribution in [3.8, 4) is 5.75 Å². The number of amides is 1. The summed E-state index contributed by atoms with van der Waals surface area (Å²) in [6, 6.07) is 9.21. The fourth-order valence-corrected chi connectivity index (χ4v) is 1.56. The van der Waals surface area contributed by atoms with Crippen LogP contribution in [-0.4, -0.2) is 29.5 Å². The second-order valence-corrected chi connectivity index (χ2v) is 7.80. The summed E-state index contributed by atoms with van der Waals surface area (Å²) >= 11 is 0. The summed E-state index contributed by atoms with van der Waals surface area (Å²) < 4.78 is 14.9. The van der Waals surface area contributed by atoms with E-state index in [-0.39, 0.29) is 13.1 Å². The molecule has 0 atom stereocenters. The monoisotopic (exact) mass is 353 g/mol. The first kappa shape index (κ1) is 20.8. The summed E-state index contributed by atoms with van der Waals surface area (Å²) in [5.41, 5.74) is -0.898. The van der Waals surface area contributed by atoms with Crippen LogP contribution in [0.1, 0.15) is 55.8 Å². The summed E-state index contributed by atoms with van der Waals surface area (Å²) in [4.78, 5) is 22.2. The standard InChI is InChI=1S/C11H14O3.C8H15NO2.H2/c1-11(2,3)14-10(12)13-9-7-5-4-6-8-9;1-8(2,3)11-7(10)9-6-4-5-6;/h4-8H,1-3H3;6H,4-5H2,1-3H3,(H,9,10);1H. The van der Waals surface area contributed by atoms with Gasteiger partial charge in [0.15, 0.2) is 0 Å². The smallest absolute Gasteiger partial charge is 0.444 e. The number of nitrogens with one attached hydrogen (secondary N) is 1. The van der Waals surface area contributed by atoms with Crippen molar-refractivity contribution in [3.05, 3.63) is 30.3 Å². The fraction of sp³-hybridized carbons (Fsp3) is 0.579. The number of hydrogen-bond acceptors (Lipinski definition) is 5. The largest absolute Gasteiger partial charge is 0.514 e. The van der Waals surface area contributed by atoms with Crippen LogP contribution in [0, 0.1) is 0 Å². The third-order valence-corrected chi connectivity index (χ3v) is 2.63. The molecule has 2 rings (SSSR count). The molecule has 1 amide bonds. The van der Waals surface area contributed by atoms with Crippen molar-refractivity contribution < 1.29 is 25.2 Å². The molecule has 0 heterocycles. The molecule has 1 aliphatic carbocycles. The molecule has 1 fully saturated rings. The maximum atomic E-state index is 11.2. The highest BCUT2D eigenvalue weighted by Crippen LogP contribution is 2.19. The lowest BCUT2D eigenvalue weighted by atomic mass is 10.2. The fourth-order valence-electron chi connectivity index (χ4n) is 1.56. The van der Waals surface area contributed by atoms with Crippen LogP contribution in [0.3, 0.4) is 0 Å². The lowest BCUT2D eigenvalue weighted by Gasteiger charge is -2.19. The van der Waals surface area contributed by atoms with Gasteiger partial charge in [-0.05, 0) is 66.5 Å². The zero-order chi connectivity index (χ0) is 19.1. The molecule has 0 unspecified atom stereocenters. The average Bonchev–Trinajstić information content (AvgIpc) is 3.19. The third kappa shape index (κ3) is 11.9. The van der Waals surface area contributed by atoms with Crippen LogP contribution in [0.25, 0.3) is 0 Å². The molecule has 1 N–H and O–H groups in total. The van der Waals surface area contributed by atoms with Gasteiger partial charge in [0.2, 0.25) is 0 Å². The third-order valence-electron chi connectivity index (χ3n) is 2.63. The van der Waals surface area contributed by atoms with Crippen LogP contribution in [0.4, 0.5) is 9.59 Å². The van der Waals surface area contributed by atoms with Gasteiger partial charge in [-0.15, -0.1) is 0 Å². The van der Waals surface area contributed by atoms with Gasteiger partial charge in [0.25, 0.3) is 0 Å². The molecule has 1 saturated carbocycles. The summed E-state index contributed by atoms with van der Waals surface area (Å²) in [7, 11) is 0. The van der Waals surface area contributed by atoms with E-state index in [1.165, 1.54) is 0 Å². The van der Waals surface area contributed by atoms with Crippen molar-refractivity contribution >= 4 is 12.2 Å². The number of para-hydroxylation sites is 1. The highest BCUT2D eigenvalue weighted by Gasteiger charge is 2.26. The molecule has 142 valence electrons. The Labute approximate surface area is 151 Å². The first-order valence-corrected chi connectivity index (χ1v) is 8.40. The first-order valence-electron chi connectivity index (χ1n) is 8.40. The van der Waals surface area contributed by atoms with Gasteiger partial charge in [-0.3, -0.25) is 0 Å². The molecular formula is C19H31NO5. The zero-order valence-corrected chi connectivity index (χ0v) is 15.9. The highest BCUT2D eigenvalue weighted by molar-refractivity contribution is 5.68. The van der Waals surface area contributed by atoms with Gasteiger partial charge in [0.1, 0.15) is 17.0 Å². The Hall–Kier alpha value is -2.24.